The van der Waals surface area contributed by atoms with Crippen molar-refractivity contribution in [2.45, 2.75) is 72.1 Å². The lowest BCUT2D eigenvalue weighted by Crippen LogP contribution is -2.48. The van der Waals surface area contributed by atoms with Gasteiger partial charge >= 0.3 is 6.09 Å². The van der Waals surface area contributed by atoms with Crippen LogP contribution >= 0.6 is 0 Å². The maximum Gasteiger partial charge on any atom is 0.410 e. The lowest BCUT2D eigenvalue weighted by Gasteiger charge is -2.39. The molecule has 1 unspecified atom stereocenters. The van der Waals surface area contributed by atoms with Crippen LogP contribution in [0.2, 0.25) is 0 Å². The fourth-order valence-corrected chi connectivity index (χ4v) is 3.62. The normalized spacial score (nSPS) is 36.6. The number of likely N-dealkylation sites (tertiary alicyclic amines) is 1. The highest BCUT2D eigenvalue weighted by molar-refractivity contribution is 5.68. The van der Waals surface area contributed by atoms with Gasteiger partial charge < -0.3 is 15.4 Å². The molecule has 1 saturated heterocycles. The Bertz CT molecular complexity index is 386. The smallest absolute Gasteiger partial charge is 0.410 e. The Morgan fingerprint density at radius 3 is 2.30 bits per heavy atom. The molecule has 2 N–H and O–H groups in total. The first kappa shape index (κ1) is 15.6. The fourth-order valence-electron chi connectivity index (χ4n) is 3.62. The van der Waals surface area contributed by atoms with E-state index >= 15 is 0 Å². The molecule has 0 radical (unpaired) electrons. The average Bonchev–Trinajstić information content (AvgIpc) is 2.77. The molecule has 2 rings (SSSR count). The van der Waals surface area contributed by atoms with Gasteiger partial charge in [-0.05, 0) is 57.8 Å². The van der Waals surface area contributed by atoms with Gasteiger partial charge in [0.1, 0.15) is 5.60 Å². The van der Waals surface area contributed by atoms with Gasteiger partial charge in [0.2, 0.25) is 0 Å². The Labute approximate surface area is 123 Å². The Balaban J connectivity index is 2.01. The topological polar surface area (TPSA) is 55.6 Å². The Kier molecular flexibility index (Phi) is 3.83. The van der Waals surface area contributed by atoms with Crippen LogP contribution in [0.4, 0.5) is 4.79 Å². The highest BCUT2D eigenvalue weighted by atomic mass is 16.6. The lowest BCUT2D eigenvalue weighted by molar-refractivity contribution is 0.00288. The minimum Gasteiger partial charge on any atom is -0.444 e. The van der Waals surface area contributed by atoms with Crippen molar-refractivity contribution in [3.63, 3.8) is 0 Å². The molecule has 2 aliphatic rings. The molecular formula is C16H30N2O2. The molecule has 1 amide bonds. The number of nitrogens with zero attached hydrogens (tertiary/aromatic N) is 1. The van der Waals surface area contributed by atoms with Crippen LogP contribution in [0, 0.1) is 17.3 Å². The predicted molar refractivity (Wildman–Crippen MR) is 80.4 cm³/mol. The second-order valence-electron chi connectivity index (χ2n) is 8.19. The van der Waals surface area contributed by atoms with Crippen molar-refractivity contribution in [2.24, 2.45) is 23.0 Å². The van der Waals surface area contributed by atoms with E-state index in [9.17, 15) is 4.79 Å². The molecule has 1 aliphatic carbocycles. The van der Waals surface area contributed by atoms with Gasteiger partial charge in [-0.25, -0.2) is 4.79 Å². The van der Waals surface area contributed by atoms with Crippen LogP contribution in [0.5, 0.6) is 0 Å². The monoisotopic (exact) mass is 282 g/mol. The third-order valence-corrected chi connectivity index (χ3v) is 5.05. The fraction of sp³-hybridized carbons (Fsp3) is 0.938. The van der Waals surface area contributed by atoms with Gasteiger partial charge in [-0.3, -0.25) is 0 Å². The molecule has 4 nitrogen and oxygen atoms in total. The molecule has 1 aliphatic heterocycles. The van der Waals surface area contributed by atoms with Crippen LogP contribution < -0.4 is 5.73 Å². The number of carbonyl (C=O) groups excluding carboxylic acids is 1. The second-order valence-corrected chi connectivity index (χ2v) is 8.19. The second kappa shape index (κ2) is 4.90. The predicted octanol–water partition coefficient (Wildman–Crippen LogP) is 3.01. The van der Waals surface area contributed by atoms with Gasteiger partial charge in [0.25, 0.3) is 0 Å². The van der Waals surface area contributed by atoms with E-state index in [1.807, 2.05) is 25.7 Å². The summed E-state index contributed by atoms with van der Waals surface area (Å²) in [5.74, 6) is 1.06. The summed E-state index contributed by atoms with van der Waals surface area (Å²) >= 11 is 0. The van der Waals surface area contributed by atoms with Gasteiger partial charge in [0.05, 0.1) is 0 Å². The van der Waals surface area contributed by atoms with Crippen molar-refractivity contribution in [1.82, 2.24) is 4.90 Å². The third-order valence-electron chi connectivity index (χ3n) is 5.05. The zero-order valence-corrected chi connectivity index (χ0v) is 13.8. The van der Waals surface area contributed by atoms with Crippen molar-refractivity contribution < 1.29 is 9.53 Å². The summed E-state index contributed by atoms with van der Waals surface area (Å²) in [6.07, 6.45) is 2.03. The number of nitrogens with two attached hydrogens (primary N) is 1. The minimum atomic E-state index is -0.432. The number of amides is 1. The molecule has 2 fully saturated rings. The number of ether oxygens (including phenoxy) is 1. The maximum atomic E-state index is 12.3. The maximum absolute atomic E-state index is 12.3. The molecule has 4 heteroatoms. The zero-order valence-electron chi connectivity index (χ0n) is 13.8. The van der Waals surface area contributed by atoms with E-state index in [4.69, 9.17) is 10.5 Å². The van der Waals surface area contributed by atoms with Crippen molar-refractivity contribution in [2.75, 3.05) is 6.54 Å². The lowest BCUT2D eigenvalue weighted by atomic mass is 9.87. The summed E-state index contributed by atoms with van der Waals surface area (Å²) in [6.45, 7) is 13.1. The van der Waals surface area contributed by atoms with E-state index in [0.29, 0.717) is 11.8 Å². The van der Waals surface area contributed by atoms with Crippen LogP contribution in [0.1, 0.15) is 54.4 Å². The Hall–Kier alpha value is -0.770. The molecule has 0 aromatic carbocycles. The van der Waals surface area contributed by atoms with E-state index in [1.165, 1.54) is 6.42 Å². The minimum absolute atomic E-state index is 0.179. The summed E-state index contributed by atoms with van der Waals surface area (Å²) in [6, 6.07) is 0.542. The molecule has 1 heterocycles. The quantitative estimate of drug-likeness (QED) is 0.804. The molecule has 4 atom stereocenters. The summed E-state index contributed by atoms with van der Waals surface area (Å²) in [5, 5.41) is 0. The van der Waals surface area contributed by atoms with Crippen LogP contribution in [0.15, 0.2) is 0 Å². The SMILES string of the molecule is C[C@@H]1CCC([C@H]2[C@H](N)C2(C)C)CN1C(=O)OC(C)(C)C. The first-order valence-electron chi connectivity index (χ1n) is 7.79. The van der Waals surface area contributed by atoms with E-state index in [-0.39, 0.29) is 23.6 Å². The number of piperidine rings is 1. The number of hydrogen-bond donors (Lipinski definition) is 1. The molecular weight excluding hydrogens is 252 g/mol. The highest BCUT2D eigenvalue weighted by Gasteiger charge is 2.59. The van der Waals surface area contributed by atoms with Crippen LogP contribution in [0.25, 0.3) is 0 Å². The Morgan fingerprint density at radius 2 is 1.85 bits per heavy atom. The van der Waals surface area contributed by atoms with Crippen molar-refractivity contribution in [3.8, 4) is 0 Å². The van der Waals surface area contributed by atoms with Gasteiger partial charge in [-0.1, -0.05) is 13.8 Å². The zero-order chi connectivity index (χ0) is 15.3. The molecule has 0 spiro atoms. The molecule has 0 aromatic heterocycles. The summed E-state index contributed by atoms with van der Waals surface area (Å²) < 4.78 is 5.53. The number of rotatable bonds is 1. The first-order chi connectivity index (χ1) is 9.04. The third kappa shape index (κ3) is 2.95. The van der Waals surface area contributed by atoms with Crippen LogP contribution in [-0.2, 0) is 4.74 Å². The number of hydrogen-bond acceptors (Lipinski definition) is 3. The van der Waals surface area contributed by atoms with Gasteiger partial charge in [0.15, 0.2) is 0 Å². The van der Waals surface area contributed by atoms with E-state index in [1.54, 1.807) is 0 Å². The molecule has 20 heavy (non-hydrogen) atoms. The molecule has 116 valence electrons. The van der Waals surface area contributed by atoms with Crippen LogP contribution in [-0.4, -0.2) is 35.2 Å². The molecule has 0 aromatic rings. The van der Waals surface area contributed by atoms with E-state index in [2.05, 4.69) is 20.8 Å². The van der Waals surface area contributed by atoms with Gasteiger partial charge in [-0.15, -0.1) is 0 Å². The van der Waals surface area contributed by atoms with Crippen molar-refractivity contribution in [1.29, 1.82) is 0 Å². The largest absolute Gasteiger partial charge is 0.444 e. The van der Waals surface area contributed by atoms with Crippen LogP contribution in [0.3, 0.4) is 0 Å². The van der Waals surface area contributed by atoms with Gasteiger partial charge in [0, 0.05) is 18.6 Å². The van der Waals surface area contributed by atoms with Gasteiger partial charge in [-0.2, -0.15) is 0 Å². The Morgan fingerprint density at radius 1 is 1.30 bits per heavy atom. The first-order valence-corrected chi connectivity index (χ1v) is 7.79. The summed E-state index contributed by atoms with van der Waals surface area (Å²) in [5.41, 5.74) is 5.99. The standard InChI is InChI=1S/C16H30N2O2/c1-10-7-8-11(12-13(17)16(12,5)6)9-18(10)14(19)20-15(2,3)4/h10-13H,7-9,17H2,1-6H3/t10-,11?,12+,13+/m1/s1. The van der Waals surface area contributed by atoms with Crippen molar-refractivity contribution in [3.05, 3.63) is 0 Å². The highest BCUT2D eigenvalue weighted by Crippen LogP contribution is 2.56. The number of carbonyl (C=O) groups is 1. The van der Waals surface area contributed by atoms with Crippen molar-refractivity contribution >= 4 is 6.09 Å². The van der Waals surface area contributed by atoms with E-state index in [0.717, 1.165) is 13.0 Å². The summed E-state index contributed by atoms with van der Waals surface area (Å²) in [7, 11) is 0. The molecule has 1 saturated carbocycles. The summed E-state index contributed by atoms with van der Waals surface area (Å²) in [4.78, 5) is 14.2. The average molecular weight is 282 g/mol. The molecule has 0 bridgehead atoms. The van der Waals surface area contributed by atoms with E-state index < -0.39 is 5.60 Å².